The minimum atomic E-state index is -0.540. The Labute approximate surface area is 144 Å². The molecule has 0 aliphatic rings. The monoisotopic (exact) mass is 336 g/mol. The Morgan fingerprint density at radius 1 is 1.08 bits per heavy atom. The first-order valence-corrected chi connectivity index (χ1v) is 8.03. The first-order valence-electron chi connectivity index (χ1n) is 8.03. The van der Waals surface area contributed by atoms with Gasteiger partial charge in [0.15, 0.2) is 0 Å². The molecule has 0 saturated heterocycles. The molecule has 1 rings (SSSR count). The van der Waals surface area contributed by atoms with E-state index >= 15 is 0 Å². The number of ether oxygens (including phenoxy) is 2. The summed E-state index contributed by atoms with van der Waals surface area (Å²) in [4.78, 5) is 25.9. The highest BCUT2D eigenvalue weighted by atomic mass is 16.5. The smallest absolute Gasteiger partial charge is 0.251 e. The predicted octanol–water partition coefficient (Wildman–Crippen LogP) is 1.24. The molecule has 3 unspecified atom stereocenters. The van der Waals surface area contributed by atoms with Crippen molar-refractivity contribution in [3.05, 3.63) is 35.9 Å². The number of nitrogens with one attached hydrogen (secondary N) is 1. The number of hydrogen-bond acceptors (Lipinski definition) is 4. The number of carbonyl (C=O) groups excluding carboxylic acids is 2. The maximum absolute atomic E-state index is 12.2. The summed E-state index contributed by atoms with van der Waals surface area (Å²) >= 11 is 0. The molecule has 134 valence electrons. The lowest BCUT2D eigenvalue weighted by atomic mass is 10.0. The van der Waals surface area contributed by atoms with Gasteiger partial charge in [0.2, 0.25) is 5.91 Å². The average molecular weight is 336 g/mol. The summed E-state index contributed by atoms with van der Waals surface area (Å²) in [6.45, 7) is 3.79. The van der Waals surface area contributed by atoms with E-state index in [1.165, 1.54) is 14.2 Å². The SMILES string of the molecule is COC(C)C(=O)NC(Cc1ccccc1)CN(C)C(=O)C(C)OC. The summed E-state index contributed by atoms with van der Waals surface area (Å²) in [5.74, 6) is -0.316. The van der Waals surface area contributed by atoms with Crippen LogP contribution in [0.15, 0.2) is 30.3 Å². The average Bonchev–Trinajstić information content (AvgIpc) is 2.60. The van der Waals surface area contributed by atoms with Gasteiger partial charge in [-0.2, -0.15) is 0 Å². The second-order valence-corrected chi connectivity index (χ2v) is 5.87. The Balaban J connectivity index is 2.80. The van der Waals surface area contributed by atoms with Crippen LogP contribution in [0.25, 0.3) is 0 Å². The Morgan fingerprint density at radius 3 is 2.21 bits per heavy atom. The van der Waals surface area contributed by atoms with E-state index in [4.69, 9.17) is 9.47 Å². The summed E-state index contributed by atoms with van der Waals surface area (Å²) in [5, 5.41) is 2.96. The molecule has 24 heavy (non-hydrogen) atoms. The number of rotatable bonds is 9. The van der Waals surface area contributed by atoms with Crippen molar-refractivity contribution < 1.29 is 19.1 Å². The molecule has 0 aliphatic heterocycles. The fourth-order valence-electron chi connectivity index (χ4n) is 2.32. The number of amides is 2. The highest BCUT2D eigenvalue weighted by molar-refractivity contribution is 5.81. The summed E-state index contributed by atoms with van der Waals surface area (Å²) in [6, 6.07) is 9.63. The fraction of sp³-hybridized carbons (Fsp3) is 0.556. The van der Waals surface area contributed by atoms with E-state index < -0.39 is 12.2 Å². The van der Waals surface area contributed by atoms with Gasteiger partial charge in [-0.3, -0.25) is 9.59 Å². The minimum absolute atomic E-state index is 0.121. The molecule has 0 spiro atoms. The molecular formula is C18H28N2O4. The van der Waals surface area contributed by atoms with Crippen LogP contribution in [0, 0.1) is 0 Å². The number of carbonyl (C=O) groups is 2. The van der Waals surface area contributed by atoms with Crippen LogP contribution in [0.3, 0.4) is 0 Å². The summed E-state index contributed by atoms with van der Waals surface area (Å²) in [6.07, 6.45) is -0.426. The first kappa shape index (κ1) is 20.1. The van der Waals surface area contributed by atoms with Crippen molar-refractivity contribution in [2.75, 3.05) is 27.8 Å². The van der Waals surface area contributed by atoms with Gasteiger partial charge < -0.3 is 19.7 Å². The second-order valence-electron chi connectivity index (χ2n) is 5.87. The zero-order valence-electron chi connectivity index (χ0n) is 15.1. The Bertz CT molecular complexity index is 521. The molecule has 0 aromatic heterocycles. The van der Waals surface area contributed by atoms with Crippen LogP contribution < -0.4 is 5.32 Å². The molecule has 6 nitrogen and oxygen atoms in total. The molecule has 0 radical (unpaired) electrons. The van der Waals surface area contributed by atoms with Crippen molar-refractivity contribution in [2.24, 2.45) is 0 Å². The molecule has 6 heteroatoms. The van der Waals surface area contributed by atoms with Crippen molar-refractivity contribution in [3.8, 4) is 0 Å². The molecule has 0 bridgehead atoms. The second kappa shape index (κ2) is 10.1. The van der Waals surface area contributed by atoms with E-state index in [1.807, 2.05) is 30.3 Å². The number of hydrogen-bond donors (Lipinski definition) is 1. The zero-order valence-corrected chi connectivity index (χ0v) is 15.1. The number of benzene rings is 1. The summed E-state index contributed by atoms with van der Waals surface area (Å²) in [7, 11) is 4.70. The minimum Gasteiger partial charge on any atom is -0.372 e. The molecule has 1 aromatic carbocycles. The van der Waals surface area contributed by atoms with Gasteiger partial charge in [0.25, 0.3) is 5.91 Å². The predicted molar refractivity (Wildman–Crippen MR) is 92.7 cm³/mol. The van der Waals surface area contributed by atoms with Crippen LogP contribution in [0.5, 0.6) is 0 Å². The number of likely N-dealkylation sites (N-methyl/N-ethyl adjacent to an activating group) is 1. The summed E-state index contributed by atoms with van der Waals surface area (Å²) < 4.78 is 10.1. The van der Waals surface area contributed by atoms with Crippen LogP contribution in [-0.2, 0) is 25.5 Å². The van der Waals surface area contributed by atoms with Crippen molar-refractivity contribution in [2.45, 2.75) is 38.5 Å². The number of methoxy groups -OCH3 is 2. The third-order valence-electron chi connectivity index (χ3n) is 3.97. The number of nitrogens with zero attached hydrogens (tertiary/aromatic N) is 1. The Kier molecular flexibility index (Phi) is 8.43. The van der Waals surface area contributed by atoms with Crippen LogP contribution in [0.4, 0.5) is 0 Å². The molecule has 3 atom stereocenters. The van der Waals surface area contributed by atoms with Crippen LogP contribution in [0.1, 0.15) is 19.4 Å². The van der Waals surface area contributed by atoms with Crippen molar-refractivity contribution >= 4 is 11.8 Å². The van der Waals surface area contributed by atoms with Gasteiger partial charge in [-0.1, -0.05) is 30.3 Å². The van der Waals surface area contributed by atoms with Crippen molar-refractivity contribution in [3.63, 3.8) is 0 Å². The fourth-order valence-corrected chi connectivity index (χ4v) is 2.32. The van der Waals surface area contributed by atoms with Gasteiger partial charge in [-0.25, -0.2) is 0 Å². The lowest BCUT2D eigenvalue weighted by Gasteiger charge is -2.27. The van der Waals surface area contributed by atoms with Gasteiger partial charge in [-0.05, 0) is 25.8 Å². The Morgan fingerprint density at radius 2 is 1.67 bits per heavy atom. The molecular weight excluding hydrogens is 308 g/mol. The van der Waals surface area contributed by atoms with Gasteiger partial charge in [0.05, 0.1) is 6.04 Å². The molecule has 0 saturated carbocycles. The van der Waals surface area contributed by atoms with E-state index in [1.54, 1.807) is 25.8 Å². The maximum atomic E-state index is 12.2. The lowest BCUT2D eigenvalue weighted by Crippen LogP contribution is -2.49. The van der Waals surface area contributed by atoms with Crippen LogP contribution in [0.2, 0.25) is 0 Å². The third-order valence-corrected chi connectivity index (χ3v) is 3.97. The summed E-state index contributed by atoms with van der Waals surface area (Å²) in [5.41, 5.74) is 1.09. The first-order chi connectivity index (χ1) is 11.4. The molecule has 0 heterocycles. The standard InChI is InChI=1S/C18H28N2O4/c1-13(23-4)17(21)19-16(11-15-9-7-6-8-10-15)12-20(3)18(22)14(2)24-5/h6-10,13-14,16H,11-12H2,1-5H3,(H,19,21). The van der Waals surface area contributed by atoms with Crippen LogP contribution >= 0.6 is 0 Å². The largest absolute Gasteiger partial charge is 0.372 e. The lowest BCUT2D eigenvalue weighted by molar-refractivity contribution is -0.140. The van der Waals surface area contributed by atoms with E-state index in [2.05, 4.69) is 5.32 Å². The molecule has 0 aliphatic carbocycles. The van der Waals surface area contributed by atoms with E-state index in [9.17, 15) is 9.59 Å². The maximum Gasteiger partial charge on any atom is 0.251 e. The quantitative estimate of drug-likeness (QED) is 0.737. The highest BCUT2D eigenvalue weighted by Gasteiger charge is 2.23. The molecule has 2 amide bonds. The van der Waals surface area contributed by atoms with E-state index in [-0.39, 0.29) is 17.9 Å². The van der Waals surface area contributed by atoms with Gasteiger partial charge in [-0.15, -0.1) is 0 Å². The topological polar surface area (TPSA) is 67.9 Å². The van der Waals surface area contributed by atoms with E-state index in [0.717, 1.165) is 5.56 Å². The van der Waals surface area contributed by atoms with Gasteiger partial charge >= 0.3 is 0 Å². The van der Waals surface area contributed by atoms with E-state index in [0.29, 0.717) is 13.0 Å². The molecule has 1 aromatic rings. The van der Waals surface area contributed by atoms with Crippen molar-refractivity contribution in [1.29, 1.82) is 0 Å². The Hall–Kier alpha value is -1.92. The zero-order chi connectivity index (χ0) is 18.1. The molecule has 1 N–H and O–H groups in total. The van der Waals surface area contributed by atoms with Crippen LogP contribution in [-0.4, -0.2) is 62.8 Å². The van der Waals surface area contributed by atoms with Crippen molar-refractivity contribution in [1.82, 2.24) is 10.2 Å². The normalized spacial score (nSPS) is 14.5. The molecule has 0 fully saturated rings. The third kappa shape index (κ3) is 6.29. The highest BCUT2D eigenvalue weighted by Crippen LogP contribution is 2.06. The van der Waals surface area contributed by atoms with Gasteiger partial charge in [0.1, 0.15) is 12.2 Å². The van der Waals surface area contributed by atoms with Gasteiger partial charge in [0, 0.05) is 27.8 Å².